The van der Waals surface area contributed by atoms with Crippen molar-refractivity contribution in [3.05, 3.63) is 24.0 Å². The predicted molar refractivity (Wildman–Crippen MR) is 154 cm³/mol. The number of imidazole rings is 2. The first-order valence-corrected chi connectivity index (χ1v) is 16.3. The molecule has 4 aliphatic rings. The summed E-state index contributed by atoms with van der Waals surface area (Å²) in [5.74, 6) is 0.535. The number of aromatic nitrogens is 4. The van der Waals surface area contributed by atoms with E-state index < -0.39 is 82.2 Å². The van der Waals surface area contributed by atoms with E-state index in [0.717, 1.165) is 16.8 Å². The van der Waals surface area contributed by atoms with Crippen LogP contribution < -0.4 is 11.5 Å². The molecule has 2 saturated heterocycles. The number of ether oxygens (including phenoxy) is 2. The number of rotatable bonds is 11. The second kappa shape index (κ2) is 13.4. The van der Waals surface area contributed by atoms with Gasteiger partial charge < -0.3 is 36.3 Å². The van der Waals surface area contributed by atoms with Crippen molar-refractivity contribution in [2.75, 3.05) is 19.9 Å². The van der Waals surface area contributed by atoms with E-state index in [2.05, 4.69) is 34.6 Å². The van der Waals surface area contributed by atoms with Gasteiger partial charge in [0.05, 0.1) is 19.3 Å². The minimum absolute atomic E-state index is 0.0972. The molecule has 0 spiro atoms. The van der Waals surface area contributed by atoms with Gasteiger partial charge >= 0.3 is 7.60 Å². The molecule has 0 radical (unpaired) electrons. The maximum atomic E-state index is 13.7. The topological polar surface area (TPSA) is 322 Å². The highest BCUT2D eigenvalue weighted by atomic mass is 31.2. The Balaban J connectivity index is 1.18. The summed E-state index contributed by atoms with van der Waals surface area (Å²) in [6.45, 7) is 3.20. The fraction of sp³-hybridized carbons (Fsp3) is 0.652. The molecular formula is C23H35N10O14P. The van der Waals surface area contributed by atoms with Crippen LogP contribution in [-0.4, -0.2) is 128 Å². The van der Waals surface area contributed by atoms with Crippen molar-refractivity contribution in [3.8, 4) is 0 Å². The Labute approximate surface area is 270 Å². The third kappa shape index (κ3) is 5.83. The number of fused-ring (bicyclic) bond motifs is 2. The van der Waals surface area contributed by atoms with E-state index in [9.17, 15) is 30.4 Å². The van der Waals surface area contributed by atoms with Crippen LogP contribution in [0.2, 0.25) is 0 Å². The van der Waals surface area contributed by atoms with Crippen LogP contribution in [0.1, 0.15) is 50.0 Å². The first-order valence-electron chi connectivity index (χ1n) is 14.3. The number of nitrogens with zero attached hydrogens (tertiary/aromatic N) is 8. The molecule has 0 amide bonds. The van der Waals surface area contributed by atoms with Crippen molar-refractivity contribution in [2.24, 2.45) is 21.5 Å². The van der Waals surface area contributed by atoms with Gasteiger partial charge in [-0.3, -0.25) is 29.5 Å². The molecule has 24 nitrogen and oxygen atoms in total. The molecule has 2 aromatic heterocycles. The second-order valence-corrected chi connectivity index (χ2v) is 13.1. The van der Waals surface area contributed by atoms with Crippen LogP contribution >= 0.6 is 7.60 Å². The maximum absolute atomic E-state index is 13.7. The summed E-state index contributed by atoms with van der Waals surface area (Å²) in [7, 11) is -4.13. The average molecular weight is 707 g/mol. The predicted octanol–water partition coefficient (Wildman–Crippen LogP) is -1.17. The molecule has 25 heteroatoms. The lowest BCUT2D eigenvalue weighted by molar-refractivity contribution is -0.357. The van der Waals surface area contributed by atoms with Crippen molar-refractivity contribution in [1.82, 2.24) is 29.2 Å². The van der Waals surface area contributed by atoms with Crippen LogP contribution in [-0.2, 0) is 38.0 Å². The number of aliphatic hydroxyl groups is 3. The van der Waals surface area contributed by atoms with E-state index >= 15 is 0 Å². The molecule has 4 aliphatic heterocycles. The zero-order valence-electron chi connectivity index (χ0n) is 25.5. The summed E-state index contributed by atoms with van der Waals surface area (Å²) < 4.78 is 39.2. The molecule has 7 unspecified atom stereocenters. The third-order valence-electron chi connectivity index (χ3n) is 8.13. The quantitative estimate of drug-likeness (QED) is 0.0775. The molecule has 0 bridgehead atoms. The lowest BCUT2D eigenvalue weighted by Gasteiger charge is -2.36. The number of aliphatic hydroxyl groups excluding tert-OH is 3. The van der Waals surface area contributed by atoms with E-state index in [-0.39, 0.29) is 34.7 Å². The van der Waals surface area contributed by atoms with Crippen molar-refractivity contribution in [3.63, 3.8) is 0 Å². The fourth-order valence-corrected chi connectivity index (χ4v) is 6.94. The molecule has 0 aliphatic carbocycles. The third-order valence-corrected chi connectivity index (χ3v) is 9.08. The van der Waals surface area contributed by atoms with Crippen LogP contribution in [0.5, 0.6) is 0 Å². The molecule has 2 aromatic rings. The van der Waals surface area contributed by atoms with Gasteiger partial charge in [0.1, 0.15) is 54.1 Å². The summed E-state index contributed by atoms with van der Waals surface area (Å²) in [6, 6.07) is 0. The number of nitrogens with two attached hydrogens (primary N) is 2. The van der Waals surface area contributed by atoms with Crippen LogP contribution in [0.25, 0.3) is 0 Å². The molecule has 10 N–H and O–H groups in total. The molecule has 0 aromatic carbocycles. The Kier molecular flexibility index (Phi) is 9.70. The zero-order chi connectivity index (χ0) is 34.7. The molecule has 6 heterocycles. The minimum atomic E-state index is -4.13. The number of amidine groups is 2. The largest absolute Gasteiger partial charge is 0.394 e. The van der Waals surface area contributed by atoms with E-state index in [1.165, 1.54) is 35.6 Å². The number of hydrogen-bond acceptors (Lipinski definition) is 22. The van der Waals surface area contributed by atoms with E-state index in [1.807, 2.05) is 0 Å². The first kappa shape index (κ1) is 34.8. The van der Waals surface area contributed by atoms with Crippen LogP contribution in [0, 0.1) is 0 Å². The van der Waals surface area contributed by atoms with Gasteiger partial charge in [0.15, 0.2) is 48.6 Å². The van der Waals surface area contributed by atoms with Crippen LogP contribution in [0.3, 0.4) is 0 Å². The molecule has 266 valence electrons. The molecule has 2 fully saturated rings. The Morgan fingerprint density at radius 1 is 0.833 bits per heavy atom. The molecule has 6 rings (SSSR count). The standard InChI is InChI=1S/C23H35N10O14P/c1-8-28-20-12(26-6-30(20)22-15(36)14(35)10(4-34)42-22)18(24)32(8)46-48(3,40)47-33-9(2)29-21-13(19(33)25)27-7-31(21)23-17(45-39)16(44-38)11(43-23)5-41-37/h6-7,10-11,14-19,22-23,34-39H,4-5,24-25H2,1-3H3/t10-,11-,14?,15?,16?,17?,18?,19?,22-,23-,48?/m1/s1. The van der Waals surface area contributed by atoms with Gasteiger partial charge in [0.25, 0.3) is 0 Å². The summed E-state index contributed by atoms with van der Waals surface area (Å²) in [5, 5.41) is 59.9. The maximum Gasteiger partial charge on any atom is 0.370 e. The monoisotopic (exact) mass is 706 g/mol. The van der Waals surface area contributed by atoms with Crippen LogP contribution in [0.15, 0.2) is 22.6 Å². The number of hydroxylamine groups is 4. The number of aliphatic imine (C=N–C) groups is 2. The molecule has 48 heavy (non-hydrogen) atoms. The SMILES string of the molecule is CC1=Nc2c(ncn2[C@@H]2O[C@H](CO)C(O)C2O)C(N)N1OP(C)(=O)ON1C(C)=Nc2c(ncn2[C@@H]2O[C@H](COO)C(OO)C2OO)C1N. The molecule has 0 saturated carbocycles. The lowest BCUT2D eigenvalue weighted by Crippen LogP contribution is -2.42. The zero-order valence-corrected chi connectivity index (χ0v) is 26.4. The van der Waals surface area contributed by atoms with Gasteiger partial charge in [-0.15, -0.1) is 0 Å². The fourth-order valence-electron chi connectivity index (χ4n) is 5.83. The Morgan fingerprint density at radius 3 is 1.79 bits per heavy atom. The van der Waals surface area contributed by atoms with E-state index in [1.54, 1.807) is 0 Å². The van der Waals surface area contributed by atoms with Gasteiger partial charge in [-0.25, -0.2) is 44.7 Å². The van der Waals surface area contributed by atoms with E-state index in [0.29, 0.717) is 0 Å². The normalized spacial score (nSPS) is 34.6. The van der Waals surface area contributed by atoms with Crippen molar-refractivity contribution in [2.45, 2.75) is 75.3 Å². The molecular weight excluding hydrogens is 671 g/mol. The first-order chi connectivity index (χ1) is 22.8. The average Bonchev–Trinajstić information content (AvgIpc) is 3.81. The summed E-state index contributed by atoms with van der Waals surface area (Å²) in [4.78, 5) is 30.4. The van der Waals surface area contributed by atoms with Gasteiger partial charge in [0, 0.05) is 6.66 Å². The Bertz CT molecular complexity index is 1610. The van der Waals surface area contributed by atoms with Crippen molar-refractivity contribution in [1.29, 1.82) is 0 Å². The molecule has 11 atom stereocenters. The minimum Gasteiger partial charge on any atom is -0.394 e. The van der Waals surface area contributed by atoms with Gasteiger partial charge in [-0.05, 0) is 13.8 Å². The van der Waals surface area contributed by atoms with Gasteiger partial charge in [-0.2, -0.15) is 9.25 Å². The highest BCUT2D eigenvalue weighted by Gasteiger charge is 2.51. The summed E-state index contributed by atoms with van der Waals surface area (Å²) in [6.07, 6.45) is -9.54. The highest BCUT2D eigenvalue weighted by molar-refractivity contribution is 7.52. The van der Waals surface area contributed by atoms with Gasteiger partial charge in [-0.1, -0.05) is 0 Å². The smallest absolute Gasteiger partial charge is 0.370 e. The summed E-state index contributed by atoms with van der Waals surface area (Å²) in [5.41, 5.74) is 13.1. The Hall–Kier alpha value is -3.01. The number of hydrogen-bond donors (Lipinski definition) is 8. The second-order valence-electron chi connectivity index (χ2n) is 11.2. The lowest BCUT2D eigenvalue weighted by atomic mass is 10.1. The van der Waals surface area contributed by atoms with Crippen molar-refractivity contribution < 1.29 is 69.0 Å². The van der Waals surface area contributed by atoms with Crippen molar-refractivity contribution >= 4 is 30.9 Å². The van der Waals surface area contributed by atoms with E-state index in [4.69, 9.17) is 35.4 Å². The van der Waals surface area contributed by atoms with Crippen LogP contribution in [0.4, 0.5) is 11.6 Å². The highest BCUT2D eigenvalue weighted by Crippen LogP contribution is 2.51. The Morgan fingerprint density at radius 2 is 1.33 bits per heavy atom. The van der Waals surface area contributed by atoms with Gasteiger partial charge in [0.2, 0.25) is 0 Å². The summed E-state index contributed by atoms with van der Waals surface area (Å²) >= 11 is 0.